The fraction of sp³-hybridized carbons (Fsp3) is 0.357. The van der Waals surface area contributed by atoms with Crippen LogP contribution < -0.4 is 10.2 Å². The Labute approximate surface area is 206 Å². The molecule has 1 amide bonds. The molecule has 0 saturated carbocycles. The zero-order valence-electron chi connectivity index (χ0n) is 20.7. The number of hydrogen-bond donors (Lipinski definition) is 1. The summed E-state index contributed by atoms with van der Waals surface area (Å²) < 4.78 is 1.96. The largest absolute Gasteiger partial charge is 0.352 e. The number of nitrogens with one attached hydrogen (secondary N) is 1. The first kappa shape index (κ1) is 23.0. The van der Waals surface area contributed by atoms with E-state index in [-0.39, 0.29) is 11.8 Å². The van der Waals surface area contributed by atoms with Crippen molar-refractivity contribution in [2.24, 2.45) is 5.92 Å². The number of piperidine rings is 1. The molecule has 0 aliphatic carbocycles. The van der Waals surface area contributed by atoms with E-state index >= 15 is 0 Å². The van der Waals surface area contributed by atoms with Gasteiger partial charge < -0.3 is 10.2 Å². The van der Waals surface area contributed by atoms with E-state index in [0.717, 1.165) is 65.2 Å². The Bertz CT molecular complexity index is 1330. The van der Waals surface area contributed by atoms with Crippen LogP contribution in [0.2, 0.25) is 0 Å². The number of fused-ring (bicyclic) bond motifs is 1. The fourth-order valence-electron chi connectivity index (χ4n) is 4.96. The standard InChI is InChI=1S/C28H32N6O/c1-4-21-12-14-22(15-13-21)17-29-28(35)23-9-8-16-33(18-23)27-26-25(19(2)30-31-27)20(3)34(32-26)24-10-6-5-7-11-24/h5-7,10-15,23H,4,8-9,16-18H2,1-3H3,(H,29,35)/t23-/m1/s1. The lowest BCUT2D eigenvalue weighted by Crippen LogP contribution is -2.43. The topological polar surface area (TPSA) is 75.9 Å². The normalized spacial score (nSPS) is 16.0. The van der Waals surface area contributed by atoms with E-state index in [1.165, 1.54) is 5.56 Å². The minimum atomic E-state index is -0.0888. The first-order valence-electron chi connectivity index (χ1n) is 12.4. The van der Waals surface area contributed by atoms with E-state index in [2.05, 4.69) is 58.5 Å². The number of rotatable bonds is 6. The Morgan fingerprint density at radius 3 is 2.51 bits per heavy atom. The van der Waals surface area contributed by atoms with Gasteiger partial charge in [-0.3, -0.25) is 4.79 Å². The van der Waals surface area contributed by atoms with Crippen LogP contribution in [0.25, 0.3) is 16.6 Å². The maximum absolute atomic E-state index is 13.0. The minimum Gasteiger partial charge on any atom is -0.352 e. The van der Waals surface area contributed by atoms with Gasteiger partial charge in [-0.1, -0.05) is 49.4 Å². The summed E-state index contributed by atoms with van der Waals surface area (Å²) in [7, 11) is 0. The second-order valence-corrected chi connectivity index (χ2v) is 9.34. The number of aromatic nitrogens is 4. The zero-order valence-corrected chi connectivity index (χ0v) is 20.7. The van der Waals surface area contributed by atoms with E-state index < -0.39 is 0 Å². The van der Waals surface area contributed by atoms with E-state index in [9.17, 15) is 4.79 Å². The summed E-state index contributed by atoms with van der Waals surface area (Å²) in [5.74, 6) is 0.765. The Hall–Kier alpha value is -3.74. The Kier molecular flexibility index (Phi) is 6.49. The number of carbonyl (C=O) groups excluding carboxylic acids is 1. The molecule has 0 radical (unpaired) electrons. The molecule has 180 valence electrons. The maximum Gasteiger partial charge on any atom is 0.225 e. The molecule has 0 unspecified atom stereocenters. The van der Waals surface area contributed by atoms with Gasteiger partial charge in [-0.25, -0.2) is 4.68 Å². The quantitative estimate of drug-likeness (QED) is 0.450. The third-order valence-electron chi connectivity index (χ3n) is 6.98. The van der Waals surface area contributed by atoms with Crippen molar-refractivity contribution >= 4 is 22.6 Å². The molecule has 2 aromatic carbocycles. The lowest BCUT2D eigenvalue weighted by molar-refractivity contribution is -0.125. The van der Waals surface area contributed by atoms with Crippen LogP contribution in [-0.2, 0) is 17.8 Å². The predicted molar refractivity (Wildman–Crippen MR) is 139 cm³/mol. The smallest absolute Gasteiger partial charge is 0.225 e. The van der Waals surface area contributed by atoms with E-state index in [1.807, 2.05) is 41.9 Å². The van der Waals surface area contributed by atoms with Gasteiger partial charge in [0.15, 0.2) is 5.82 Å². The zero-order chi connectivity index (χ0) is 24.4. The van der Waals surface area contributed by atoms with E-state index in [4.69, 9.17) is 5.10 Å². The van der Waals surface area contributed by atoms with Gasteiger partial charge >= 0.3 is 0 Å². The van der Waals surface area contributed by atoms with Crippen molar-refractivity contribution in [3.05, 3.63) is 77.1 Å². The summed E-state index contributed by atoms with van der Waals surface area (Å²) in [4.78, 5) is 15.2. The molecule has 1 aliphatic rings. The molecular weight excluding hydrogens is 436 g/mol. The molecule has 0 bridgehead atoms. The van der Waals surface area contributed by atoms with E-state index in [0.29, 0.717) is 13.1 Å². The third-order valence-corrected chi connectivity index (χ3v) is 6.98. The van der Waals surface area contributed by atoms with Crippen LogP contribution in [-0.4, -0.2) is 39.0 Å². The third kappa shape index (κ3) is 4.63. The second-order valence-electron chi connectivity index (χ2n) is 9.34. The Morgan fingerprint density at radius 1 is 1.03 bits per heavy atom. The summed E-state index contributed by atoms with van der Waals surface area (Å²) in [5.41, 5.74) is 6.18. The van der Waals surface area contributed by atoms with Gasteiger partial charge in [-0.05, 0) is 56.4 Å². The summed E-state index contributed by atoms with van der Waals surface area (Å²) >= 11 is 0. The number of benzene rings is 2. The van der Waals surface area contributed by atoms with Gasteiger partial charge in [0.05, 0.1) is 28.4 Å². The molecule has 1 saturated heterocycles. The van der Waals surface area contributed by atoms with Gasteiger partial charge in [-0.15, -0.1) is 5.10 Å². The molecule has 5 rings (SSSR count). The highest BCUT2D eigenvalue weighted by molar-refractivity contribution is 5.92. The summed E-state index contributed by atoms with van der Waals surface area (Å²) in [6.07, 6.45) is 2.82. The van der Waals surface area contributed by atoms with Crippen LogP contribution in [0, 0.1) is 19.8 Å². The van der Waals surface area contributed by atoms with Crippen molar-refractivity contribution in [3.8, 4) is 5.69 Å². The van der Waals surface area contributed by atoms with Crippen molar-refractivity contribution in [3.63, 3.8) is 0 Å². The first-order chi connectivity index (χ1) is 17.0. The van der Waals surface area contributed by atoms with Crippen molar-refractivity contribution in [2.75, 3.05) is 18.0 Å². The molecule has 35 heavy (non-hydrogen) atoms. The molecule has 1 aliphatic heterocycles. The maximum atomic E-state index is 13.0. The Morgan fingerprint density at radius 2 is 1.77 bits per heavy atom. The number of aryl methyl sites for hydroxylation is 3. The summed E-state index contributed by atoms with van der Waals surface area (Å²) in [6, 6.07) is 18.6. The molecule has 4 aromatic rings. The summed E-state index contributed by atoms with van der Waals surface area (Å²) in [6.45, 7) is 8.19. The highest BCUT2D eigenvalue weighted by atomic mass is 16.1. The number of nitrogens with zero attached hydrogens (tertiary/aromatic N) is 5. The van der Waals surface area contributed by atoms with Gasteiger partial charge in [0.1, 0.15) is 5.52 Å². The number of carbonyl (C=O) groups is 1. The summed E-state index contributed by atoms with van der Waals surface area (Å²) in [5, 5.41) is 18.1. The molecule has 1 N–H and O–H groups in total. The molecule has 0 spiro atoms. The number of anilines is 1. The van der Waals surface area contributed by atoms with Crippen molar-refractivity contribution < 1.29 is 4.79 Å². The van der Waals surface area contributed by atoms with Crippen molar-refractivity contribution in [1.82, 2.24) is 25.3 Å². The SMILES string of the molecule is CCc1ccc(CNC(=O)[C@@H]2CCCN(c3nnc(C)c4c(C)n(-c5ccccc5)nc34)C2)cc1. The lowest BCUT2D eigenvalue weighted by Gasteiger charge is -2.32. The highest BCUT2D eigenvalue weighted by Gasteiger charge is 2.29. The van der Waals surface area contributed by atoms with Gasteiger partial charge in [0.25, 0.3) is 0 Å². The average molecular weight is 469 g/mol. The van der Waals surface area contributed by atoms with Crippen LogP contribution in [0.3, 0.4) is 0 Å². The average Bonchev–Trinajstić information content (AvgIpc) is 3.26. The van der Waals surface area contributed by atoms with Crippen LogP contribution in [0.4, 0.5) is 5.82 Å². The van der Waals surface area contributed by atoms with Crippen molar-refractivity contribution in [2.45, 2.75) is 46.6 Å². The first-order valence-corrected chi connectivity index (χ1v) is 12.4. The molecule has 2 aromatic heterocycles. The number of hydrogen-bond acceptors (Lipinski definition) is 5. The second kappa shape index (κ2) is 9.86. The van der Waals surface area contributed by atoms with Crippen LogP contribution in [0.1, 0.15) is 42.3 Å². The lowest BCUT2D eigenvalue weighted by atomic mass is 9.96. The molecule has 7 heteroatoms. The van der Waals surface area contributed by atoms with Crippen LogP contribution >= 0.6 is 0 Å². The fourth-order valence-corrected chi connectivity index (χ4v) is 4.96. The molecule has 1 fully saturated rings. The van der Waals surface area contributed by atoms with E-state index in [1.54, 1.807) is 0 Å². The number of amides is 1. The van der Waals surface area contributed by atoms with Gasteiger partial charge in [0.2, 0.25) is 5.91 Å². The predicted octanol–water partition coefficient (Wildman–Crippen LogP) is 4.53. The Balaban J connectivity index is 1.36. The van der Waals surface area contributed by atoms with Crippen LogP contribution in [0.15, 0.2) is 54.6 Å². The molecule has 1 atom stereocenters. The van der Waals surface area contributed by atoms with Gasteiger partial charge in [0, 0.05) is 19.6 Å². The monoisotopic (exact) mass is 468 g/mol. The van der Waals surface area contributed by atoms with Gasteiger partial charge in [-0.2, -0.15) is 10.2 Å². The molecule has 3 heterocycles. The molecular formula is C28H32N6O. The number of para-hydroxylation sites is 1. The van der Waals surface area contributed by atoms with Crippen LogP contribution in [0.5, 0.6) is 0 Å². The minimum absolute atomic E-state index is 0.0888. The van der Waals surface area contributed by atoms with Crippen molar-refractivity contribution in [1.29, 1.82) is 0 Å². The highest BCUT2D eigenvalue weighted by Crippen LogP contribution is 2.31. The molecule has 7 nitrogen and oxygen atoms in total.